The summed E-state index contributed by atoms with van der Waals surface area (Å²) in [4.78, 5) is 4.42. The fourth-order valence-electron chi connectivity index (χ4n) is 2.72. The summed E-state index contributed by atoms with van der Waals surface area (Å²) in [6.45, 7) is 4.90. The number of para-hydroxylation sites is 1. The molecule has 23 heavy (non-hydrogen) atoms. The molecule has 1 heterocycles. The van der Waals surface area contributed by atoms with E-state index in [9.17, 15) is 0 Å². The summed E-state index contributed by atoms with van der Waals surface area (Å²) in [5.41, 5.74) is 9.48. The molecule has 0 bridgehead atoms. The van der Waals surface area contributed by atoms with Crippen LogP contribution in [0.1, 0.15) is 30.9 Å². The Bertz CT molecular complexity index is 684. The van der Waals surface area contributed by atoms with E-state index >= 15 is 0 Å². The van der Waals surface area contributed by atoms with Crippen LogP contribution >= 0.6 is 0 Å². The number of hydrogen-bond donors (Lipinski definition) is 2. The number of nitrogens with one attached hydrogen (secondary N) is 1. The van der Waals surface area contributed by atoms with Gasteiger partial charge in [-0.3, -0.25) is 0 Å². The van der Waals surface area contributed by atoms with Gasteiger partial charge in [-0.15, -0.1) is 0 Å². The van der Waals surface area contributed by atoms with Crippen LogP contribution in [0, 0.1) is 0 Å². The van der Waals surface area contributed by atoms with Crippen molar-refractivity contribution in [2.45, 2.75) is 32.3 Å². The molecule has 0 aliphatic carbocycles. The van der Waals surface area contributed by atoms with E-state index in [1.54, 1.807) is 0 Å². The van der Waals surface area contributed by atoms with Crippen molar-refractivity contribution in [3.05, 3.63) is 59.7 Å². The second-order valence-electron chi connectivity index (χ2n) is 6.18. The summed E-state index contributed by atoms with van der Waals surface area (Å²) in [6.07, 6.45) is 0.949. The van der Waals surface area contributed by atoms with E-state index in [-0.39, 0.29) is 6.10 Å². The molecule has 0 saturated carbocycles. The summed E-state index contributed by atoms with van der Waals surface area (Å²) in [7, 11) is 0. The highest BCUT2D eigenvalue weighted by molar-refractivity contribution is 5.92. The predicted molar refractivity (Wildman–Crippen MR) is 95.2 cm³/mol. The zero-order chi connectivity index (χ0) is 16.2. The minimum Gasteiger partial charge on any atom is -0.488 e. The van der Waals surface area contributed by atoms with Crippen LogP contribution in [0.5, 0.6) is 5.75 Å². The molecule has 2 aromatic rings. The smallest absolute Gasteiger partial charge is 0.193 e. The minimum absolute atomic E-state index is 0.0646. The molecule has 1 unspecified atom stereocenters. The SMILES string of the molecule is CC(C)c1cccc(NC(N)=NCC2Cc3ccccc3O2)c1. The lowest BCUT2D eigenvalue weighted by molar-refractivity contribution is 0.242. The maximum Gasteiger partial charge on any atom is 0.193 e. The van der Waals surface area contributed by atoms with E-state index < -0.39 is 0 Å². The Hall–Kier alpha value is -2.49. The summed E-state index contributed by atoms with van der Waals surface area (Å²) in [5, 5.41) is 3.15. The van der Waals surface area contributed by atoms with Gasteiger partial charge < -0.3 is 15.8 Å². The number of fused-ring (bicyclic) bond motifs is 1. The summed E-state index contributed by atoms with van der Waals surface area (Å²) in [5.74, 6) is 1.87. The normalized spacial score (nSPS) is 17.0. The molecule has 120 valence electrons. The zero-order valence-corrected chi connectivity index (χ0v) is 13.6. The minimum atomic E-state index is 0.0646. The van der Waals surface area contributed by atoms with Crippen molar-refractivity contribution in [2.75, 3.05) is 11.9 Å². The van der Waals surface area contributed by atoms with Gasteiger partial charge in [0.05, 0.1) is 6.54 Å². The second kappa shape index (κ2) is 6.73. The van der Waals surface area contributed by atoms with Gasteiger partial charge in [0.25, 0.3) is 0 Å². The van der Waals surface area contributed by atoms with Gasteiger partial charge in [-0.2, -0.15) is 0 Å². The highest BCUT2D eigenvalue weighted by atomic mass is 16.5. The molecule has 1 aliphatic rings. The number of guanidine groups is 1. The van der Waals surface area contributed by atoms with Crippen LogP contribution in [0.2, 0.25) is 0 Å². The van der Waals surface area contributed by atoms with Crippen molar-refractivity contribution >= 4 is 11.6 Å². The fraction of sp³-hybridized carbons (Fsp3) is 0.316. The van der Waals surface area contributed by atoms with Crippen LogP contribution in [-0.2, 0) is 6.42 Å². The number of hydrogen-bond acceptors (Lipinski definition) is 2. The highest BCUT2D eigenvalue weighted by Crippen LogP contribution is 2.28. The number of nitrogens with two attached hydrogens (primary N) is 1. The molecule has 3 N–H and O–H groups in total. The molecule has 3 rings (SSSR count). The summed E-state index contributed by atoms with van der Waals surface area (Å²) < 4.78 is 5.87. The zero-order valence-electron chi connectivity index (χ0n) is 13.6. The van der Waals surface area contributed by atoms with Gasteiger partial charge in [-0.05, 0) is 35.2 Å². The monoisotopic (exact) mass is 309 g/mol. The topological polar surface area (TPSA) is 59.6 Å². The average Bonchev–Trinajstić information content (AvgIpc) is 2.96. The standard InChI is InChI=1S/C19H23N3O/c1-13(2)14-7-5-8-16(10-14)22-19(20)21-12-17-11-15-6-3-4-9-18(15)23-17/h3-10,13,17H,11-12H2,1-2H3,(H3,20,21,22). The Morgan fingerprint density at radius 3 is 2.87 bits per heavy atom. The van der Waals surface area contributed by atoms with Crippen LogP contribution in [0.3, 0.4) is 0 Å². The second-order valence-corrected chi connectivity index (χ2v) is 6.18. The van der Waals surface area contributed by atoms with Crippen molar-refractivity contribution in [3.8, 4) is 5.75 Å². The van der Waals surface area contributed by atoms with Crippen molar-refractivity contribution in [1.29, 1.82) is 0 Å². The molecule has 1 aliphatic heterocycles. The van der Waals surface area contributed by atoms with Crippen LogP contribution in [0.4, 0.5) is 5.69 Å². The molecule has 0 amide bonds. The number of rotatable bonds is 4. The van der Waals surface area contributed by atoms with Gasteiger partial charge in [0, 0.05) is 12.1 Å². The van der Waals surface area contributed by atoms with E-state index in [4.69, 9.17) is 10.5 Å². The molecule has 0 radical (unpaired) electrons. The molecule has 0 spiro atoms. The summed E-state index contributed by atoms with van der Waals surface area (Å²) in [6, 6.07) is 16.4. The number of anilines is 1. The lowest BCUT2D eigenvalue weighted by Gasteiger charge is -2.11. The third kappa shape index (κ3) is 3.83. The van der Waals surface area contributed by atoms with Crippen LogP contribution in [0.15, 0.2) is 53.5 Å². The lowest BCUT2D eigenvalue weighted by atomic mass is 10.0. The van der Waals surface area contributed by atoms with E-state index in [0.29, 0.717) is 18.4 Å². The molecule has 1 atom stereocenters. The van der Waals surface area contributed by atoms with Gasteiger partial charge in [0.1, 0.15) is 11.9 Å². The Kier molecular flexibility index (Phi) is 4.51. The van der Waals surface area contributed by atoms with Crippen LogP contribution in [0.25, 0.3) is 0 Å². The Labute approximate surface area is 137 Å². The third-order valence-corrected chi connectivity index (χ3v) is 4.00. The molecule has 0 aromatic heterocycles. The number of nitrogens with zero attached hydrogens (tertiary/aromatic N) is 1. The van der Waals surface area contributed by atoms with E-state index in [1.807, 2.05) is 30.3 Å². The predicted octanol–water partition coefficient (Wildman–Crippen LogP) is 3.54. The quantitative estimate of drug-likeness (QED) is 0.671. The molecule has 4 nitrogen and oxygen atoms in total. The van der Waals surface area contributed by atoms with Crippen molar-refractivity contribution in [2.24, 2.45) is 10.7 Å². The first-order valence-corrected chi connectivity index (χ1v) is 8.03. The maximum atomic E-state index is 6.00. The van der Waals surface area contributed by atoms with E-state index in [0.717, 1.165) is 17.9 Å². The largest absolute Gasteiger partial charge is 0.488 e. The first kappa shape index (κ1) is 15.4. The Balaban J connectivity index is 1.58. The Morgan fingerprint density at radius 2 is 2.09 bits per heavy atom. The number of benzene rings is 2. The highest BCUT2D eigenvalue weighted by Gasteiger charge is 2.21. The van der Waals surface area contributed by atoms with Crippen molar-refractivity contribution in [1.82, 2.24) is 0 Å². The van der Waals surface area contributed by atoms with E-state index in [2.05, 4.69) is 42.4 Å². The first-order valence-electron chi connectivity index (χ1n) is 8.03. The number of aliphatic imine (C=N–C) groups is 1. The van der Waals surface area contributed by atoms with Gasteiger partial charge in [0.15, 0.2) is 5.96 Å². The van der Waals surface area contributed by atoms with Gasteiger partial charge in [-0.1, -0.05) is 44.2 Å². The number of ether oxygens (including phenoxy) is 1. The van der Waals surface area contributed by atoms with Gasteiger partial charge in [-0.25, -0.2) is 4.99 Å². The Morgan fingerprint density at radius 1 is 1.26 bits per heavy atom. The van der Waals surface area contributed by atoms with Crippen LogP contribution in [-0.4, -0.2) is 18.6 Å². The van der Waals surface area contributed by atoms with Gasteiger partial charge >= 0.3 is 0 Å². The maximum absolute atomic E-state index is 6.00. The molecule has 4 heteroatoms. The first-order chi connectivity index (χ1) is 11.1. The molecular formula is C19H23N3O. The van der Waals surface area contributed by atoms with Gasteiger partial charge in [0.2, 0.25) is 0 Å². The average molecular weight is 309 g/mol. The molecule has 0 fully saturated rings. The summed E-state index contributed by atoms with van der Waals surface area (Å²) >= 11 is 0. The molecule has 2 aromatic carbocycles. The third-order valence-electron chi connectivity index (χ3n) is 4.00. The lowest BCUT2D eigenvalue weighted by Crippen LogP contribution is -2.26. The molecular weight excluding hydrogens is 286 g/mol. The molecule has 0 saturated heterocycles. The van der Waals surface area contributed by atoms with Crippen LogP contribution < -0.4 is 15.8 Å². The van der Waals surface area contributed by atoms with Crippen molar-refractivity contribution in [3.63, 3.8) is 0 Å². The van der Waals surface area contributed by atoms with E-state index in [1.165, 1.54) is 11.1 Å². The fourth-order valence-corrected chi connectivity index (χ4v) is 2.72. The van der Waals surface area contributed by atoms with Crippen molar-refractivity contribution < 1.29 is 4.74 Å².